The molecule has 0 saturated heterocycles. The van der Waals surface area contributed by atoms with Gasteiger partial charge in [0.1, 0.15) is 0 Å². The minimum absolute atomic E-state index is 0.124. The van der Waals surface area contributed by atoms with Crippen LogP contribution in [0.15, 0.2) is 182 Å². The van der Waals surface area contributed by atoms with E-state index in [9.17, 15) is 0 Å². The Morgan fingerprint density at radius 2 is 0.782 bits per heavy atom. The summed E-state index contributed by atoms with van der Waals surface area (Å²) >= 11 is 0. The number of aromatic nitrogens is 3. The molecule has 262 valence electrons. The SMILES string of the molecule is CC(C)(C)c1cc2c(cc1-c1ccccc1-n1c3ccccc3c3c4c5ccccc5n(-c5ccccc5)c4ccc31)c1ccccc1n2-c1ccccc1. The van der Waals surface area contributed by atoms with Crippen molar-refractivity contribution in [2.24, 2.45) is 0 Å². The molecule has 0 atom stereocenters. The zero-order chi connectivity index (χ0) is 36.8. The van der Waals surface area contributed by atoms with E-state index in [2.05, 4.69) is 216 Å². The monoisotopic (exact) mass is 705 g/mol. The molecule has 0 bridgehead atoms. The normalized spacial score (nSPS) is 12.3. The highest BCUT2D eigenvalue weighted by atomic mass is 15.0. The lowest BCUT2D eigenvalue weighted by Crippen LogP contribution is -2.13. The van der Waals surface area contributed by atoms with Gasteiger partial charge in [0.25, 0.3) is 0 Å². The molecular formula is C52H39N3. The van der Waals surface area contributed by atoms with Gasteiger partial charge in [0.05, 0.1) is 38.8 Å². The first-order valence-corrected chi connectivity index (χ1v) is 19.2. The predicted octanol–water partition coefficient (Wildman–Crippen LogP) is 13.9. The van der Waals surface area contributed by atoms with Crippen LogP contribution in [0.5, 0.6) is 0 Å². The molecule has 0 N–H and O–H groups in total. The van der Waals surface area contributed by atoms with Crippen LogP contribution in [0.25, 0.3) is 93.6 Å². The minimum atomic E-state index is -0.124. The van der Waals surface area contributed by atoms with E-state index in [0.29, 0.717) is 0 Å². The lowest BCUT2D eigenvalue weighted by molar-refractivity contribution is 0.592. The van der Waals surface area contributed by atoms with Crippen LogP contribution in [0, 0.1) is 0 Å². The smallest absolute Gasteiger partial charge is 0.0549 e. The summed E-state index contributed by atoms with van der Waals surface area (Å²) in [4.78, 5) is 0. The van der Waals surface area contributed by atoms with E-state index in [1.54, 1.807) is 0 Å². The Bertz CT molecular complexity index is 3280. The van der Waals surface area contributed by atoms with Crippen molar-refractivity contribution in [3.63, 3.8) is 0 Å². The van der Waals surface area contributed by atoms with E-state index in [-0.39, 0.29) is 5.41 Å². The number of hydrogen-bond acceptors (Lipinski definition) is 0. The number of para-hydroxylation sites is 6. The summed E-state index contributed by atoms with van der Waals surface area (Å²) in [6.07, 6.45) is 0. The van der Waals surface area contributed by atoms with Gasteiger partial charge in [0, 0.05) is 49.3 Å². The van der Waals surface area contributed by atoms with Crippen molar-refractivity contribution in [1.82, 2.24) is 13.7 Å². The van der Waals surface area contributed by atoms with E-state index in [4.69, 9.17) is 0 Å². The van der Waals surface area contributed by atoms with Crippen molar-refractivity contribution in [3.05, 3.63) is 188 Å². The molecule has 3 aromatic heterocycles. The lowest BCUT2D eigenvalue weighted by Gasteiger charge is -2.25. The van der Waals surface area contributed by atoms with E-state index in [0.717, 1.165) is 0 Å². The quantitative estimate of drug-likeness (QED) is 0.173. The van der Waals surface area contributed by atoms with Gasteiger partial charge in [0.15, 0.2) is 0 Å². The maximum Gasteiger partial charge on any atom is 0.0549 e. The van der Waals surface area contributed by atoms with Crippen LogP contribution in [0.3, 0.4) is 0 Å². The third-order valence-corrected chi connectivity index (χ3v) is 11.6. The fourth-order valence-electron chi connectivity index (χ4n) is 9.24. The second-order valence-electron chi connectivity index (χ2n) is 15.8. The Morgan fingerprint density at radius 3 is 1.38 bits per heavy atom. The summed E-state index contributed by atoms with van der Waals surface area (Å²) in [6, 6.07) is 66.8. The summed E-state index contributed by atoms with van der Waals surface area (Å²) in [5.41, 5.74) is 14.5. The standard InChI is InChI=1S/C52H39N3/c1-52(2,3)42-33-49-41(37-23-11-14-26-43(37)54(49)35-20-8-5-9-21-35)32-40(42)36-22-10-15-27-44(36)55-46-29-17-13-25-39(46)51-48(55)31-30-47-50(51)38-24-12-16-28-45(38)53(47)34-18-6-4-7-19-34/h4-33H,1-3H3. The highest BCUT2D eigenvalue weighted by Crippen LogP contribution is 2.46. The Balaban J connectivity index is 1.24. The van der Waals surface area contributed by atoms with Gasteiger partial charge in [-0.3, -0.25) is 0 Å². The molecule has 11 rings (SSSR count). The van der Waals surface area contributed by atoms with Gasteiger partial charge in [0.2, 0.25) is 0 Å². The zero-order valence-electron chi connectivity index (χ0n) is 31.2. The highest BCUT2D eigenvalue weighted by Gasteiger charge is 2.26. The van der Waals surface area contributed by atoms with Gasteiger partial charge in [-0.15, -0.1) is 0 Å². The average molecular weight is 706 g/mol. The molecule has 0 saturated carbocycles. The number of benzene rings is 8. The number of fused-ring (bicyclic) bond motifs is 10. The molecule has 0 spiro atoms. The van der Waals surface area contributed by atoms with Gasteiger partial charge in [-0.25, -0.2) is 0 Å². The maximum absolute atomic E-state index is 2.51. The minimum Gasteiger partial charge on any atom is -0.309 e. The summed E-state index contributed by atoms with van der Waals surface area (Å²) in [7, 11) is 0. The second-order valence-corrected chi connectivity index (χ2v) is 15.8. The van der Waals surface area contributed by atoms with Crippen LogP contribution >= 0.6 is 0 Å². The van der Waals surface area contributed by atoms with Crippen molar-refractivity contribution < 1.29 is 0 Å². The largest absolute Gasteiger partial charge is 0.309 e. The van der Waals surface area contributed by atoms with Crippen molar-refractivity contribution in [1.29, 1.82) is 0 Å². The van der Waals surface area contributed by atoms with Gasteiger partial charge in [-0.1, -0.05) is 130 Å². The molecule has 3 heterocycles. The van der Waals surface area contributed by atoms with Crippen LogP contribution in [-0.2, 0) is 5.41 Å². The molecule has 0 aliphatic heterocycles. The topological polar surface area (TPSA) is 14.8 Å². The van der Waals surface area contributed by atoms with E-state index in [1.165, 1.54) is 99.2 Å². The van der Waals surface area contributed by atoms with Crippen molar-refractivity contribution in [2.45, 2.75) is 26.2 Å². The van der Waals surface area contributed by atoms with Crippen LogP contribution in [-0.4, -0.2) is 13.7 Å². The molecule has 0 radical (unpaired) electrons. The van der Waals surface area contributed by atoms with Crippen molar-refractivity contribution >= 4 is 65.4 Å². The Labute approximate surface area is 319 Å². The number of hydrogen-bond donors (Lipinski definition) is 0. The first-order chi connectivity index (χ1) is 27.0. The van der Waals surface area contributed by atoms with E-state index < -0.39 is 0 Å². The molecule has 0 aliphatic rings. The summed E-state index contributed by atoms with van der Waals surface area (Å²) in [5.74, 6) is 0. The van der Waals surface area contributed by atoms with Crippen LogP contribution in [0.2, 0.25) is 0 Å². The molecular weight excluding hydrogens is 667 g/mol. The third-order valence-electron chi connectivity index (χ3n) is 11.6. The lowest BCUT2D eigenvalue weighted by atomic mass is 9.80. The summed E-state index contributed by atoms with van der Waals surface area (Å²) in [5, 5.41) is 7.61. The number of nitrogens with zero attached hydrogens (tertiary/aromatic N) is 3. The molecule has 3 heteroatoms. The maximum atomic E-state index is 2.51. The van der Waals surface area contributed by atoms with Gasteiger partial charge >= 0.3 is 0 Å². The van der Waals surface area contributed by atoms with Gasteiger partial charge in [-0.05, 0) is 89.3 Å². The highest BCUT2D eigenvalue weighted by molar-refractivity contribution is 6.29. The second kappa shape index (κ2) is 11.8. The molecule has 11 aromatic rings. The first kappa shape index (κ1) is 31.7. The molecule has 0 unspecified atom stereocenters. The Kier molecular flexibility index (Phi) is 6.81. The first-order valence-electron chi connectivity index (χ1n) is 19.2. The molecule has 0 aliphatic carbocycles. The summed E-state index contributed by atoms with van der Waals surface area (Å²) < 4.78 is 7.36. The molecule has 0 amide bonds. The van der Waals surface area contributed by atoms with Gasteiger partial charge in [-0.2, -0.15) is 0 Å². The average Bonchev–Trinajstić information content (AvgIpc) is 3.86. The van der Waals surface area contributed by atoms with E-state index >= 15 is 0 Å². The van der Waals surface area contributed by atoms with Crippen LogP contribution < -0.4 is 0 Å². The zero-order valence-corrected chi connectivity index (χ0v) is 31.2. The molecule has 0 fully saturated rings. The molecule has 8 aromatic carbocycles. The summed E-state index contributed by atoms with van der Waals surface area (Å²) in [6.45, 7) is 7.03. The van der Waals surface area contributed by atoms with E-state index in [1.807, 2.05) is 0 Å². The molecule has 55 heavy (non-hydrogen) atoms. The van der Waals surface area contributed by atoms with Crippen molar-refractivity contribution in [2.75, 3.05) is 0 Å². The number of rotatable bonds is 4. The Hall–Kier alpha value is -6.84. The molecule has 3 nitrogen and oxygen atoms in total. The van der Waals surface area contributed by atoms with Crippen LogP contribution in [0.1, 0.15) is 26.3 Å². The predicted molar refractivity (Wildman–Crippen MR) is 234 cm³/mol. The fourth-order valence-corrected chi connectivity index (χ4v) is 9.24. The Morgan fingerprint density at radius 1 is 0.327 bits per heavy atom. The van der Waals surface area contributed by atoms with Gasteiger partial charge < -0.3 is 13.7 Å². The van der Waals surface area contributed by atoms with Crippen molar-refractivity contribution in [3.8, 4) is 28.2 Å². The fraction of sp³-hybridized carbons (Fsp3) is 0.0769. The van der Waals surface area contributed by atoms with Crippen LogP contribution in [0.4, 0.5) is 0 Å². The third kappa shape index (κ3) is 4.63.